The molecule has 0 fully saturated rings. The van der Waals surface area contributed by atoms with Crippen molar-refractivity contribution >= 4 is 16.7 Å². The summed E-state index contributed by atoms with van der Waals surface area (Å²) in [6.45, 7) is 3.01. The van der Waals surface area contributed by atoms with Gasteiger partial charge in [0.1, 0.15) is 0 Å². The van der Waals surface area contributed by atoms with E-state index >= 15 is 0 Å². The summed E-state index contributed by atoms with van der Waals surface area (Å²) in [5, 5.41) is 5.68. The molecule has 1 aromatic heterocycles. The molecule has 0 aliphatic carbocycles. The van der Waals surface area contributed by atoms with Crippen molar-refractivity contribution in [3.63, 3.8) is 0 Å². The molecular formula is C17H17N3. The molecule has 3 aromatic rings. The van der Waals surface area contributed by atoms with Crippen LogP contribution >= 0.6 is 0 Å². The van der Waals surface area contributed by atoms with Crippen LogP contribution < -0.4 is 5.32 Å². The summed E-state index contributed by atoms with van der Waals surface area (Å²) in [5.41, 5.74) is 2.10. The Morgan fingerprint density at radius 3 is 2.75 bits per heavy atom. The molecule has 0 amide bonds. The second kappa shape index (κ2) is 5.70. The minimum Gasteiger partial charge on any atom is -0.354 e. The number of anilines is 1. The average Bonchev–Trinajstić information content (AvgIpc) is 2.52. The van der Waals surface area contributed by atoms with Crippen LogP contribution in [0.5, 0.6) is 0 Å². The van der Waals surface area contributed by atoms with Gasteiger partial charge >= 0.3 is 0 Å². The molecule has 0 radical (unpaired) electrons. The molecule has 0 aliphatic heterocycles. The van der Waals surface area contributed by atoms with E-state index in [1.54, 1.807) is 0 Å². The Balaban J connectivity index is 2.06. The fraction of sp³-hybridized carbons (Fsp3) is 0.176. The van der Waals surface area contributed by atoms with E-state index in [-0.39, 0.29) is 0 Å². The summed E-state index contributed by atoms with van der Waals surface area (Å²) >= 11 is 0. The van der Waals surface area contributed by atoms with Gasteiger partial charge in [-0.15, -0.1) is 0 Å². The Morgan fingerprint density at radius 1 is 1.00 bits per heavy atom. The first kappa shape index (κ1) is 12.6. The number of hydrogen-bond donors (Lipinski definition) is 1. The molecule has 2 aromatic carbocycles. The van der Waals surface area contributed by atoms with Crippen molar-refractivity contribution in [2.24, 2.45) is 0 Å². The summed E-state index contributed by atoms with van der Waals surface area (Å²) in [6, 6.07) is 16.6. The van der Waals surface area contributed by atoms with E-state index in [2.05, 4.69) is 64.7 Å². The average molecular weight is 263 g/mol. The predicted molar refractivity (Wildman–Crippen MR) is 83.8 cm³/mol. The van der Waals surface area contributed by atoms with Crippen LogP contribution in [0.3, 0.4) is 0 Å². The normalized spacial score (nSPS) is 10.7. The first-order valence-corrected chi connectivity index (χ1v) is 6.93. The third-order valence-corrected chi connectivity index (χ3v) is 3.25. The van der Waals surface area contributed by atoms with Crippen LogP contribution in [-0.4, -0.2) is 16.5 Å². The standard InChI is InChI=1S/C17H17N3/c1-2-11-18-17-19-12-10-16(20-17)15-9-5-7-13-6-3-4-8-14(13)15/h3-10,12H,2,11H2,1H3,(H,18,19,20). The summed E-state index contributed by atoms with van der Waals surface area (Å²) in [4.78, 5) is 8.87. The van der Waals surface area contributed by atoms with Crippen molar-refractivity contribution in [2.45, 2.75) is 13.3 Å². The Bertz CT molecular complexity index is 717. The number of benzene rings is 2. The zero-order valence-corrected chi connectivity index (χ0v) is 11.5. The lowest BCUT2D eigenvalue weighted by Gasteiger charge is -2.08. The van der Waals surface area contributed by atoms with E-state index in [0.29, 0.717) is 5.95 Å². The Morgan fingerprint density at radius 2 is 1.85 bits per heavy atom. The molecule has 1 N–H and O–H groups in total. The van der Waals surface area contributed by atoms with Gasteiger partial charge in [-0.25, -0.2) is 9.97 Å². The van der Waals surface area contributed by atoms with E-state index in [9.17, 15) is 0 Å². The molecule has 20 heavy (non-hydrogen) atoms. The van der Waals surface area contributed by atoms with Crippen molar-refractivity contribution in [1.82, 2.24) is 9.97 Å². The van der Waals surface area contributed by atoms with Gasteiger partial charge in [0, 0.05) is 18.3 Å². The molecule has 1 heterocycles. The lowest BCUT2D eigenvalue weighted by Crippen LogP contribution is -2.04. The summed E-state index contributed by atoms with van der Waals surface area (Å²) in [6.07, 6.45) is 2.87. The second-order valence-corrected chi connectivity index (χ2v) is 4.72. The fourth-order valence-electron chi connectivity index (χ4n) is 2.28. The van der Waals surface area contributed by atoms with Crippen LogP contribution in [0.1, 0.15) is 13.3 Å². The van der Waals surface area contributed by atoms with E-state index in [1.807, 2.05) is 12.3 Å². The van der Waals surface area contributed by atoms with Crippen LogP contribution in [0.2, 0.25) is 0 Å². The molecule has 0 spiro atoms. The van der Waals surface area contributed by atoms with Crippen molar-refractivity contribution in [1.29, 1.82) is 0 Å². The highest BCUT2D eigenvalue weighted by Gasteiger charge is 2.05. The lowest BCUT2D eigenvalue weighted by atomic mass is 10.0. The Kier molecular flexibility index (Phi) is 3.59. The highest BCUT2D eigenvalue weighted by atomic mass is 15.1. The van der Waals surface area contributed by atoms with Gasteiger partial charge in [0.05, 0.1) is 5.69 Å². The SMILES string of the molecule is CCCNc1nccc(-c2cccc3ccccc23)n1. The zero-order chi connectivity index (χ0) is 13.8. The molecule has 0 atom stereocenters. The van der Waals surface area contributed by atoms with Gasteiger partial charge in [0.2, 0.25) is 5.95 Å². The molecule has 100 valence electrons. The van der Waals surface area contributed by atoms with Crippen LogP contribution in [0.4, 0.5) is 5.95 Å². The molecule has 3 nitrogen and oxygen atoms in total. The van der Waals surface area contributed by atoms with Crippen LogP contribution in [0.25, 0.3) is 22.0 Å². The number of hydrogen-bond acceptors (Lipinski definition) is 3. The molecule has 0 aliphatic rings. The van der Waals surface area contributed by atoms with Gasteiger partial charge in [-0.3, -0.25) is 0 Å². The van der Waals surface area contributed by atoms with Crippen LogP contribution in [0.15, 0.2) is 54.7 Å². The maximum absolute atomic E-state index is 4.61. The van der Waals surface area contributed by atoms with E-state index < -0.39 is 0 Å². The summed E-state index contributed by atoms with van der Waals surface area (Å²) in [5.74, 6) is 0.692. The zero-order valence-electron chi connectivity index (χ0n) is 11.5. The van der Waals surface area contributed by atoms with E-state index in [0.717, 1.165) is 24.2 Å². The molecule has 3 heteroatoms. The van der Waals surface area contributed by atoms with Gasteiger partial charge in [0.25, 0.3) is 0 Å². The third-order valence-electron chi connectivity index (χ3n) is 3.25. The number of nitrogens with zero attached hydrogens (tertiary/aromatic N) is 2. The fourth-order valence-corrected chi connectivity index (χ4v) is 2.28. The summed E-state index contributed by atoms with van der Waals surface area (Å²) < 4.78 is 0. The van der Waals surface area contributed by atoms with E-state index in [1.165, 1.54) is 10.8 Å². The Labute approximate surface area is 118 Å². The number of nitrogens with one attached hydrogen (secondary N) is 1. The molecule has 3 rings (SSSR count). The van der Waals surface area contributed by atoms with Crippen LogP contribution in [0, 0.1) is 0 Å². The van der Waals surface area contributed by atoms with Gasteiger partial charge in [-0.2, -0.15) is 0 Å². The topological polar surface area (TPSA) is 37.8 Å². The maximum Gasteiger partial charge on any atom is 0.223 e. The minimum absolute atomic E-state index is 0.692. The molecule has 0 saturated carbocycles. The smallest absolute Gasteiger partial charge is 0.223 e. The quantitative estimate of drug-likeness (QED) is 0.769. The van der Waals surface area contributed by atoms with Crippen molar-refractivity contribution in [3.8, 4) is 11.3 Å². The first-order chi connectivity index (χ1) is 9.88. The van der Waals surface area contributed by atoms with Crippen molar-refractivity contribution in [3.05, 3.63) is 54.7 Å². The predicted octanol–water partition coefficient (Wildman–Crippen LogP) is 4.12. The molecule has 0 unspecified atom stereocenters. The minimum atomic E-state index is 0.692. The number of aromatic nitrogens is 2. The van der Waals surface area contributed by atoms with Gasteiger partial charge < -0.3 is 5.32 Å². The third kappa shape index (κ3) is 2.48. The Hall–Kier alpha value is -2.42. The first-order valence-electron chi connectivity index (χ1n) is 6.93. The second-order valence-electron chi connectivity index (χ2n) is 4.72. The van der Waals surface area contributed by atoms with Crippen molar-refractivity contribution < 1.29 is 0 Å². The largest absolute Gasteiger partial charge is 0.354 e. The van der Waals surface area contributed by atoms with Crippen LogP contribution in [-0.2, 0) is 0 Å². The van der Waals surface area contributed by atoms with Gasteiger partial charge in [-0.05, 0) is 23.3 Å². The molecule has 0 saturated heterocycles. The highest BCUT2D eigenvalue weighted by Crippen LogP contribution is 2.27. The highest BCUT2D eigenvalue weighted by molar-refractivity contribution is 5.95. The summed E-state index contributed by atoms with van der Waals surface area (Å²) in [7, 11) is 0. The number of fused-ring (bicyclic) bond motifs is 1. The number of rotatable bonds is 4. The molecule has 0 bridgehead atoms. The monoisotopic (exact) mass is 263 g/mol. The maximum atomic E-state index is 4.61. The molecular weight excluding hydrogens is 246 g/mol. The van der Waals surface area contributed by atoms with Gasteiger partial charge in [0.15, 0.2) is 0 Å². The van der Waals surface area contributed by atoms with E-state index in [4.69, 9.17) is 0 Å². The lowest BCUT2D eigenvalue weighted by molar-refractivity contribution is 0.953. The van der Waals surface area contributed by atoms with Gasteiger partial charge in [-0.1, -0.05) is 49.4 Å². The van der Waals surface area contributed by atoms with Crippen molar-refractivity contribution in [2.75, 3.05) is 11.9 Å².